The first kappa shape index (κ1) is 18.6. The minimum Gasteiger partial charge on any atom is -0.504 e. The topological polar surface area (TPSA) is 96.9 Å². The number of phenols is 1. The third-order valence-electron chi connectivity index (χ3n) is 4.14. The van der Waals surface area contributed by atoms with Crippen molar-refractivity contribution in [2.24, 2.45) is 0 Å². The lowest BCUT2D eigenvalue weighted by Crippen LogP contribution is -2.45. The van der Waals surface area contributed by atoms with E-state index in [4.69, 9.17) is 21.1 Å². The Labute approximate surface area is 160 Å². The van der Waals surface area contributed by atoms with Gasteiger partial charge in [0.15, 0.2) is 11.5 Å². The summed E-state index contributed by atoms with van der Waals surface area (Å²) >= 11 is 6.12. The summed E-state index contributed by atoms with van der Waals surface area (Å²) in [4.78, 5) is 24.9. The van der Waals surface area contributed by atoms with Gasteiger partial charge in [-0.25, -0.2) is 9.59 Å². The molecule has 7 nitrogen and oxygen atoms in total. The van der Waals surface area contributed by atoms with Crippen molar-refractivity contribution in [3.63, 3.8) is 0 Å². The normalized spacial score (nSPS) is 16.4. The van der Waals surface area contributed by atoms with Gasteiger partial charge in [-0.05, 0) is 11.6 Å². The maximum absolute atomic E-state index is 12.6. The van der Waals surface area contributed by atoms with Crippen molar-refractivity contribution < 1.29 is 24.2 Å². The Bertz CT molecular complexity index is 927. The summed E-state index contributed by atoms with van der Waals surface area (Å²) < 4.78 is 10.0. The van der Waals surface area contributed by atoms with Crippen LogP contribution in [-0.2, 0) is 9.53 Å². The Kier molecular flexibility index (Phi) is 5.23. The van der Waals surface area contributed by atoms with E-state index >= 15 is 0 Å². The second kappa shape index (κ2) is 7.59. The average molecular weight is 389 g/mol. The molecule has 0 fully saturated rings. The smallest absolute Gasteiger partial charge is 0.338 e. The Morgan fingerprint density at radius 1 is 1.19 bits per heavy atom. The van der Waals surface area contributed by atoms with Crippen LogP contribution in [0, 0.1) is 0 Å². The summed E-state index contributed by atoms with van der Waals surface area (Å²) in [6.45, 7) is 0. The molecule has 0 bridgehead atoms. The lowest BCUT2D eigenvalue weighted by molar-refractivity contribution is -0.136. The Hall–Kier alpha value is -3.19. The van der Waals surface area contributed by atoms with E-state index in [1.807, 2.05) is 6.07 Å². The average Bonchev–Trinajstić information content (AvgIpc) is 2.68. The van der Waals surface area contributed by atoms with Crippen LogP contribution >= 0.6 is 11.6 Å². The zero-order valence-electron chi connectivity index (χ0n) is 14.6. The number of halogens is 1. The fourth-order valence-electron chi connectivity index (χ4n) is 2.93. The van der Waals surface area contributed by atoms with Crippen LogP contribution in [0.1, 0.15) is 17.2 Å². The molecule has 1 unspecified atom stereocenters. The van der Waals surface area contributed by atoms with E-state index < -0.39 is 18.0 Å². The number of aromatic hydroxyl groups is 1. The minimum absolute atomic E-state index is 0.121. The molecule has 3 rings (SSSR count). The number of hydrogen-bond acceptors (Lipinski definition) is 5. The standard InChI is InChI=1S/C19H17ClN2O5/c1-26-13-9-11(20)8-12(17(13)23)16-14(18(24)27-2)15(21-19(25)22-16)10-6-4-3-5-7-10/h3-9,16,23H,1-2H3,(H2,21,22,25). The van der Waals surface area contributed by atoms with Crippen molar-refractivity contribution in [3.8, 4) is 11.5 Å². The molecule has 0 spiro atoms. The van der Waals surface area contributed by atoms with Gasteiger partial charge < -0.3 is 25.2 Å². The summed E-state index contributed by atoms with van der Waals surface area (Å²) in [5, 5.41) is 16.1. The van der Waals surface area contributed by atoms with Gasteiger partial charge in [-0.3, -0.25) is 0 Å². The third kappa shape index (κ3) is 3.54. The fraction of sp³-hybridized carbons (Fsp3) is 0.158. The highest BCUT2D eigenvalue weighted by atomic mass is 35.5. The van der Waals surface area contributed by atoms with E-state index in [-0.39, 0.29) is 33.4 Å². The molecule has 0 aliphatic carbocycles. The van der Waals surface area contributed by atoms with Crippen molar-refractivity contribution in [3.05, 3.63) is 64.2 Å². The Morgan fingerprint density at radius 2 is 1.89 bits per heavy atom. The van der Waals surface area contributed by atoms with Crippen LogP contribution in [0.3, 0.4) is 0 Å². The molecule has 27 heavy (non-hydrogen) atoms. The van der Waals surface area contributed by atoms with Gasteiger partial charge in [-0.2, -0.15) is 0 Å². The van der Waals surface area contributed by atoms with Crippen molar-refractivity contribution >= 4 is 29.3 Å². The number of amides is 2. The van der Waals surface area contributed by atoms with E-state index in [1.165, 1.54) is 26.4 Å². The number of esters is 1. The van der Waals surface area contributed by atoms with E-state index in [1.54, 1.807) is 24.3 Å². The predicted octanol–water partition coefficient (Wildman–Crippen LogP) is 2.99. The SMILES string of the molecule is COC(=O)C1=C(c2ccccc2)NC(=O)NC1c1cc(Cl)cc(OC)c1O. The maximum Gasteiger partial charge on any atom is 0.338 e. The van der Waals surface area contributed by atoms with Crippen molar-refractivity contribution in [2.45, 2.75) is 6.04 Å². The maximum atomic E-state index is 12.6. The quantitative estimate of drug-likeness (QED) is 0.699. The summed E-state index contributed by atoms with van der Waals surface area (Å²) in [5.74, 6) is -0.775. The van der Waals surface area contributed by atoms with E-state index in [0.717, 1.165) is 0 Å². The summed E-state index contributed by atoms with van der Waals surface area (Å²) in [7, 11) is 2.62. The zero-order chi connectivity index (χ0) is 19.6. The first-order valence-electron chi connectivity index (χ1n) is 7.98. The van der Waals surface area contributed by atoms with Crippen LogP contribution in [0.2, 0.25) is 5.02 Å². The van der Waals surface area contributed by atoms with Gasteiger partial charge in [0, 0.05) is 16.7 Å². The highest BCUT2D eigenvalue weighted by Crippen LogP contribution is 2.41. The monoisotopic (exact) mass is 388 g/mol. The fourth-order valence-corrected chi connectivity index (χ4v) is 3.15. The van der Waals surface area contributed by atoms with Gasteiger partial charge in [-0.15, -0.1) is 0 Å². The number of methoxy groups -OCH3 is 2. The number of benzene rings is 2. The van der Waals surface area contributed by atoms with Gasteiger partial charge in [-0.1, -0.05) is 41.9 Å². The molecule has 1 aliphatic heterocycles. The lowest BCUT2D eigenvalue weighted by atomic mass is 9.92. The van der Waals surface area contributed by atoms with Crippen molar-refractivity contribution in [2.75, 3.05) is 14.2 Å². The van der Waals surface area contributed by atoms with Gasteiger partial charge in [0.2, 0.25) is 0 Å². The zero-order valence-corrected chi connectivity index (χ0v) is 15.3. The van der Waals surface area contributed by atoms with E-state index in [2.05, 4.69) is 10.6 Å². The summed E-state index contributed by atoms with van der Waals surface area (Å²) in [6, 6.07) is 10.2. The molecule has 8 heteroatoms. The Balaban J connectivity index is 2.26. The van der Waals surface area contributed by atoms with Crippen LogP contribution in [0.4, 0.5) is 4.79 Å². The van der Waals surface area contributed by atoms with Crippen molar-refractivity contribution in [1.29, 1.82) is 0 Å². The third-order valence-corrected chi connectivity index (χ3v) is 4.36. The molecule has 0 saturated carbocycles. The molecule has 140 valence electrons. The molecule has 2 aromatic rings. The number of rotatable bonds is 4. The highest BCUT2D eigenvalue weighted by Gasteiger charge is 2.36. The first-order valence-corrected chi connectivity index (χ1v) is 8.35. The molecule has 1 atom stereocenters. The Morgan fingerprint density at radius 3 is 2.52 bits per heavy atom. The van der Waals surface area contributed by atoms with Gasteiger partial charge in [0.25, 0.3) is 0 Å². The molecular formula is C19H17ClN2O5. The number of carbonyl (C=O) groups excluding carboxylic acids is 2. The molecule has 1 heterocycles. The number of carbonyl (C=O) groups is 2. The number of ether oxygens (including phenoxy) is 2. The summed E-state index contributed by atoms with van der Waals surface area (Å²) in [6.07, 6.45) is 0. The second-order valence-electron chi connectivity index (χ2n) is 5.72. The molecule has 1 aliphatic rings. The number of urea groups is 1. The molecule has 0 saturated heterocycles. The van der Waals surface area contributed by atoms with Crippen molar-refractivity contribution in [1.82, 2.24) is 10.6 Å². The van der Waals surface area contributed by atoms with Crippen LogP contribution in [0.5, 0.6) is 11.5 Å². The largest absolute Gasteiger partial charge is 0.504 e. The van der Waals surface area contributed by atoms with Gasteiger partial charge in [0.05, 0.1) is 31.5 Å². The predicted molar refractivity (Wildman–Crippen MR) is 99.5 cm³/mol. The van der Waals surface area contributed by atoms with E-state index in [0.29, 0.717) is 5.56 Å². The number of phenolic OH excluding ortho intramolecular Hbond substituents is 1. The van der Waals surface area contributed by atoms with Crippen LogP contribution < -0.4 is 15.4 Å². The number of hydrogen-bond donors (Lipinski definition) is 3. The van der Waals surface area contributed by atoms with Crippen LogP contribution in [0.25, 0.3) is 5.70 Å². The molecule has 0 aromatic heterocycles. The highest BCUT2D eigenvalue weighted by molar-refractivity contribution is 6.30. The minimum atomic E-state index is -0.992. The van der Waals surface area contributed by atoms with Crippen LogP contribution in [0.15, 0.2) is 48.0 Å². The molecule has 2 aromatic carbocycles. The molecular weight excluding hydrogens is 372 g/mol. The molecule has 2 amide bonds. The first-order chi connectivity index (χ1) is 13.0. The second-order valence-corrected chi connectivity index (χ2v) is 6.16. The molecule has 0 radical (unpaired) electrons. The van der Waals surface area contributed by atoms with Gasteiger partial charge in [0.1, 0.15) is 0 Å². The van der Waals surface area contributed by atoms with Gasteiger partial charge >= 0.3 is 12.0 Å². The van der Waals surface area contributed by atoms with E-state index in [9.17, 15) is 14.7 Å². The molecule has 3 N–H and O–H groups in total. The number of nitrogens with one attached hydrogen (secondary N) is 2. The lowest BCUT2D eigenvalue weighted by Gasteiger charge is -2.30. The van der Waals surface area contributed by atoms with Crippen LogP contribution in [-0.4, -0.2) is 31.3 Å². The summed E-state index contributed by atoms with van der Waals surface area (Å²) in [5.41, 5.74) is 1.24.